The zero-order valence-electron chi connectivity index (χ0n) is 9.08. The van der Waals surface area contributed by atoms with E-state index in [0.717, 1.165) is 0 Å². The lowest BCUT2D eigenvalue weighted by Crippen LogP contribution is -2.21. The van der Waals surface area contributed by atoms with Crippen LogP contribution in [0.1, 0.15) is 12.5 Å². The fraction of sp³-hybridized carbons (Fsp3) is 0.556. The summed E-state index contributed by atoms with van der Waals surface area (Å²) >= 11 is 5.43. The van der Waals surface area contributed by atoms with Crippen LogP contribution in [0.4, 0.5) is 13.2 Å². The lowest BCUT2D eigenvalue weighted by atomic mass is 10.3. The van der Waals surface area contributed by atoms with Gasteiger partial charge in [-0.15, -0.1) is 0 Å². The van der Waals surface area contributed by atoms with Gasteiger partial charge in [-0.2, -0.15) is 18.2 Å². The number of rotatable bonds is 4. The van der Waals surface area contributed by atoms with Crippen LogP contribution in [-0.4, -0.2) is 29.8 Å². The number of nitrogens with zero attached hydrogens (tertiary/aromatic N) is 2. The van der Waals surface area contributed by atoms with E-state index in [1.165, 1.54) is 7.11 Å². The van der Waals surface area contributed by atoms with Crippen LogP contribution >= 0.6 is 11.6 Å². The lowest BCUT2D eigenvalue weighted by molar-refractivity contribution is -0.140. The summed E-state index contributed by atoms with van der Waals surface area (Å²) in [5, 5.41) is -0.308. The van der Waals surface area contributed by atoms with Gasteiger partial charge in [-0.05, 0) is 18.5 Å². The van der Waals surface area contributed by atoms with Crippen LogP contribution in [0.2, 0.25) is 5.28 Å². The second-order valence-electron chi connectivity index (χ2n) is 3.24. The first kappa shape index (κ1) is 14.0. The highest BCUT2D eigenvalue weighted by molar-refractivity contribution is 6.28. The maximum atomic E-state index is 12.6. The molecule has 0 fully saturated rings. The first-order valence-corrected chi connectivity index (χ1v) is 4.97. The Morgan fingerprint density at radius 2 is 2.12 bits per heavy atom. The van der Waals surface area contributed by atoms with Crippen molar-refractivity contribution in [1.29, 1.82) is 0 Å². The van der Waals surface area contributed by atoms with Gasteiger partial charge in [0.05, 0.1) is 6.61 Å². The van der Waals surface area contributed by atoms with Crippen molar-refractivity contribution in [3.63, 3.8) is 0 Å². The van der Waals surface area contributed by atoms with E-state index in [-0.39, 0.29) is 11.9 Å². The molecule has 1 atom stereocenters. The summed E-state index contributed by atoms with van der Waals surface area (Å²) < 4.78 is 47.5. The van der Waals surface area contributed by atoms with Gasteiger partial charge in [0.15, 0.2) is 0 Å². The number of halogens is 4. The van der Waals surface area contributed by atoms with Crippen LogP contribution in [0.3, 0.4) is 0 Å². The average Bonchev–Trinajstić information content (AvgIpc) is 2.15. The van der Waals surface area contributed by atoms with Crippen LogP contribution < -0.4 is 4.74 Å². The molecule has 1 aromatic heterocycles. The Hall–Kier alpha value is -1.08. The average molecular weight is 271 g/mol. The zero-order valence-corrected chi connectivity index (χ0v) is 9.84. The molecule has 0 spiro atoms. The van der Waals surface area contributed by atoms with E-state index in [1.807, 2.05) is 0 Å². The van der Waals surface area contributed by atoms with Gasteiger partial charge in [-0.1, -0.05) is 0 Å². The zero-order chi connectivity index (χ0) is 13.1. The summed E-state index contributed by atoms with van der Waals surface area (Å²) in [4.78, 5) is 6.70. The molecule has 0 aliphatic heterocycles. The van der Waals surface area contributed by atoms with Crippen molar-refractivity contribution in [2.45, 2.75) is 19.2 Å². The molecule has 0 saturated carbocycles. The van der Waals surface area contributed by atoms with Gasteiger partial charge in [0.25, 0.3) is 0 Å². The maximum absolute atomic E-state index is 12.6. The molecule has 0 amide bonds. The number of hydrogen-bond donors (Lipinski definition) is 0. The van der Waals surface area contributed by atoms with Crippen LogP contribution in [-0.2, 0) is 10.9 Å². The molecule has 0 unspecified atom stereocenters. The molecule has 17 heavy (non-hydrogen) atoms. The molecule has 4 nitrogen and oxygen atoms in total. The highest BCUT2D eigenvalue weighted by atomic mass is 35.5. The predicted octanol–water partition coefficient (Wildman–Crippen LogP) is 2.56. The van der Waals surface area contributed by atoms with E-state index < -0.39 is 23.7 Å². The van der Waals surface area contributed by atoms with Crippen molar-refractivity contribution in [2.75, 3.05) is 13.7 Å². The summed E-state index contributed by atoms with van der Waals surface area (Å²) in [7, 11) is 1.41. The molecule has 0 N–H and O–H groups in total. The smallest absolute Gasteiger partial charge is 0.423 e. The third kappa shape index (κ3) is 4.01. The van der Waals surface area contributed by atoms with Crippen LogP contribution in [0.25, 0.3) is 0 Å². The van der Waals surface area contributed by atoms with E-state index in [1.54, 1.807) is 6.92 Å². The van der Waals surface area contributed by atoms with E-state index in [4.69, 9.17) is 21.1 Å². The van der Waals surface area contributed by atoms with Gasteiger partial charge in [0.2, 0.25) is 11.2 Å². The van der Waals surface area contributed by atoms with Gasteiger partial charge in [-0.25, -0.2) is 4.98 Å². The fourth-order valence-electron chi connectivity index (χ4n) is 1.09. The third-order valence-electron chi connectivity index (χ3n) is 1.74. The Morgan fingerprint density at radius 1 is 1.47 bits per heavy atom. The van der Waals surface area contributed by atoms with Gasteiger partial charge < -0.3 is 9.47 Å². The first-order valence-electron chi connectivity index (χ1n) is 4.60. The minimum atomic E-state index is -4.59. The molecule has 8 heteroatoms. The van der Waals surface area contributed by atoms with Crippen molar-refractivity contribution in [3.8, 4) is 5.88 Å². The molecule has 0 aromatic carbocycles. The van der Waals surface area contributed by atoms with Crippen LogP contribution in [0.5, 0.6) is 5.88 Å². The summed E-state index contributed by atoms with van der Waals surface area (Å²) in [6.07, 6.45) is -4.58. The van der Waals surface area contributed by atoms with Crippen LogP contribution in [0.15, 0.2) is 6.20 Å². The number of alkyl halides is 3. The third-order valence-corrected chi connectivity index (χ3v) is 1.93. The van der Waals surface area contributed by atoms with E-state index >= 15 is 0 Å². The van der Waals surface area contributed by atoms with Crippen molar-refractivity contribution < 1.29 is 22.6 Å². The predicted molar refractivity (Wildman–Crippen MR) is 54.0 cm³/mol. The maximum Gasteiger partial charge on any atom is 0.423 e. The number of hydrogen-bond acceptors (Lipinski definition) is 4. The minimum absolute atomic E-state index is 0.138. The summed E-state index contributed by atoms with van der Waals surface area (Å²) in [5.41, 5.74) is -1.06. The molecule has 1 aromatic rings. The van der Waals surface area contributed by atoms with Gasteiger partial charge in [-0.3, -0.25) is 0 Å². The number of ether oxygens (including phenoxy) is 2. The Morgan fingerprint density at radius 3 is 2.65 bits per heavy atom. The summed E-state index contributed by atoms with van der Waals surface area (Å²) in [6, 6.07) is 0. The summed E-state index contributed by atoms with van der Waals surface area (Å²) in [6.45, 7) is 1.69. The molecular weight excluding hydrogens is 261 g/mol. The van der Waals surface area contributed by atoms with Crippen molar-refractivity contribution >= 4 is 11.6 Å². The van der Waals surface area contributed by atoms with Gasteiger partial charge >= 0.3 is 6.18 Å². The Labute approximate surface area is 101 Å². The molecule has 0 radical (unpaired) electrons. The number of methoxy groups -OCH3 is 1. The largest absolute Gasteiger partial charge is 0.472 e. The fourth-order valence-corrected chi connectivity index (χ4v) is 1.22. The topological polar surface area (TPSA) is 44.2 Å². The first-order chi connectivity index (χ1) is 7.84. The highest BCUT2D eigenvalue weighted by Gasteiger charge is 2.36. The standard InChI is InChI=1S/C9H10ClF3N2O2/c1-5(4-16-2)17-7-6(9(11,12)13)3-14-8(10)15-7/h3,5H,4H2,1-2H3/t5-/m1/s1. The summed E-state index contributed by atoms with van der Waals surface area (Å²) in [5.74, 6) is -0.595. The van der Waals surface area contributed by atoms with E-state index in [9.17, 15) is 13.2 Å². The van der Waals surface area contributed by atoms with E-state index in [2.05, 4.69) is 9.97 Å². The molecule has 0 aliphatic rings. The molecular formula is C9H10ClF3N2O2. The Kier molecular flexibility index (Phi) is 4.53. The molecule has 1 heterocycles. The SMILES string of the molecule is COC[C@@H](C)Oc1nc(Cl)ncc1C(F)(F)F. The van der Waals surface area contributed by atoms with E-state index in [0.29, 0.717) is 6.20 Å². The second-order valence-corrected chi connectivity index (χ2v) is 3.58. The number of aromatic nitrogens is 2. The van der Waals surface area contributed by atoms with Crippen molar-refractivity contribution in [2.24, 2.45) is 0 Å². The Bertz CT molecular complexity index is 387. The second kappa shape index (κ2) is 5.50. The molecule has 1 rings (SSSR count). The minimum Gasteiger partial charge on any atom is -0.472 e. The molecule has 96 valence electrons. The quantitative estimate of drug-likeness (QED) is 0.789. The highest BCUT2D eigenvalue weighted by Crippen LogP contribution is 2.35. The monoisotopic (exact) mass is 270 g/mol. The molecule has 0 saturated heterocycles. The van der Waals surface area contributed by atoms with Crippen molar-refractivity contribution in [3.05, 3.63) is 17.0 Å². The molecule has 0 aliphatic carbocycles. The Balaban J connectivity index is 2.99. The molecule has 0 bridgehead atoms. The van der Waals surface area contributed by atoms with Gasteiger partial charge in [0, 0.05) is 13.3 Å². The van der Waals surface area contributed by atoms with Crippen molar-refractivity contribution in [1.82, 2.24) is 9.97 Å². The van der Waals surface area contributed by atoms with Crippen LogP contribution in [0, 0.1) is 0 Å². The normalized spacial score (nSPS) is 13.5. The van der Waals surface area contributed by atoms with Gasteiger partial charge in [0.1, 0.15) is 11.7 Å². The lowest BCUT2D eigenvalue weighted by Gasteiger charge is -2.16.